The SMILES string of the molecule is COC(=O)C(c1cc(C)ccc1C)c1cc(C(C)(C)CI)cc(C(C)(C)C)c1O. The molecule has 0 heterocycles. The molecule has 4 heteroatoms. The van der Waals surface area contributed by atoms with Gasteiger partial charge in [0, 0.05) is 9.99 Å². The van der Waals surface area contributed by atoms with E-state index in [4.69, 9.17) is 4.74 Å². The van der Waals surface area contributed by atoms with Crippen molar-refractivity contribution in [2.75, 3.05) is 11.5 Å². The Labute approximate surface area is 189 Å². The zero-order chi connectivity index (χ0) is 22.1. The Morgan fingerprint density at radius 1 is 1.07 bits per heavy atom. The Hall–Kier alpha value is -1.56. The number of halogens is 1. The predicted molar refractivity (Wildman–Crippen MR) is 128 cm³/mol. The van der Waals surface area contributed by atoms with Crippen LogP contribution in [-0.4, -0.2) is 22.6 Å². The fraction of sp³-hybridized carbons (Fsp3) is 0.480. The van der Waals surface area contributed by atoms with Crippen molar-refractivity contribution in [3.05, 3.63) is 63.7 Å². The lowest BCUT2D eigenvalue weighted by atomic mass is 9.76. The monoisotopic (exact) mass is 508 g/mol. The van der Waals surface area contributed by atoms with E-state index < -0.39 is 5.92 Å². The molecule has 1 unspecified atom stereocenters. The van der Waals surface area contributed by atoms with Crippen LogP contribution < -0.4 is 0 Å². The van der Waals surface area contributed by atoms with Crippen LogP contribution in [0.3, 0.4) is 0 Å². The smallest absolute Gasteiger partial charge is 0.317 e. The summed E-state index contributed by atoms with van der Waals surface area (Å²) in [5.74, 6) is -0.855. The molecule has 29 heavy (non-hydrogen) atoms. The van der Waals surface area contributed by atoms with Crippen molar-refractivity contribution >= 4 is 28.6 Å². The maximum atomic E-state index is 13.0. The summed E-state index contributed by atoms with van der Waals surface area (Å²) >= 11 is 2.39. The summed E-state index contributed by atoms with van der Waals surface area (Å²) in [6.45, 7) is 14.6. The third-order valence-electron chi connectivity index (χ3n) is 5.56. The number of aryl methyl sites for hydroxylation is 2. The van der Waals surface area contributed by atoms with Crippen molar-refractivity contribution in [2.24, 2.45) is 0 Å². The van der Waals surface area contributed by atoms with Crippen molar-refractivity contribution < 1.29 is 14.6 Å². The number of benzene rings is 2. The van der Waals surface area contributed by atoms with Crippen molar-refractivity contribution in [1.29, 1.82) is 0 Å². The molecule has 0 aliphatic heterocycles. The predicted octanol–water partition coefficient (Wildman–Crippen LogP) is 6.32. The van der Waals surface area contributed by atoms with Gasteiger partial charge in [0.25, 0.3) is 0 Å². The van der Waals surface area contributed by atoms with E-state index in [1.807, 2.05) is 38.1 Å². The van der Waals surface area contributed by atoms with Gasteiger partial charge in [-0.15, -0.1) is 0 Å². The average molecular weight is 508 g/mol. The highest BCUT2D eigenvalue weighted by Gasteiger charge is 2.33. The van der Waals surface area contributed by atoms with E-state index in [9.17, 15) is 9.90 Å². The summed E-state index contributed by atoms with van der Waals surface area (Å²) in [6, 6.07) is 10.1. The number of alkyl halides is 1. The fourth-order valence-corrected chi connectivity index (χ4v) is 3.97. The second-order valence-corrected chi connectivity index (χ2v) is 10.3. The van der Waals surface area contributed by atoms with Gasteiger partial charge in [-0.1, -0.05) is 93.1 Å². The van der Waals surface area contributed by atoms with E-state index in [1.165, 1.54) is 7.11 Å². The Morgan fingerprint density at radius 2 is 1.69 bits per heavy atom. The summed E-state index contributed by atoms with van der Waals surface area (Å²) in [4.78, 5) is 13.0. The zero-order valence-corrected chi connectivity index (χ0v) is 21.0. The van der Waals surface area contributed by atoms with Gasteiger partial charge in [-0.05, 0) is 46.9 Å². The van der Waals surface area contributed by atoms with Crippen molar-refractivity contribution in [3.8, 4) is 5.75 Å². The van der Waals surface area contributed by atoms with Gasteiger partial charge in [-0.3, -0.25) is 4.79 Å². The molecule has 0 spiro atoms. The molecule has 0 aliphatic carbocycles. The van der Waals surface area contributed by atoms with Gasteiger partial charge in [0.2, 0.25) is 0 Å². The molecular weight excluding hydrogens is 475 g/mol. The number of esters is 1. The topological polar surface area (TPSA) is 46.5 Å². The van der Waals surface area contributed by atoms with Gasteiger partial charge >= 0.3 is 5.97 Å². The van der Waals surface area contributed by atoms with Crippen LogP contribution in [0.25, 0.3) is 0 Å². The number of rotatable bonds is 5. The Morgan fingerprint density at radius 3 is 2.21 bits per heavy atom. The second kappa shape index (κ2) is 8.66. The highest BCUT2D eigenvalue weighted by Crippen LogP contribution is 2.43. The Bertz CT molecular complexity index is 907. The number of aromatic hydroxyl groups is 1. The first-order valence-electron chi connectivity index (χ1n) is 9.92. The molecule has 0 fully saturated rings. The second-order valence-electron chi connectivity index (χ2n) is 9.55. The van der Waals surface area contributed by atoms with Crippen LogP contribution in [0.5, 0.6) is 5.75 Å². The van der Waals surface area contributed by atoms with Crippen LogP contribution in [0.2, 0.25) is 0 Å². The molecule has 1 N–H and O–H groups in total. The minimum atomic E-state index is -0.675. The summed E-state index contributed by atoms with van der Waals surface area (Å²) in [5, 5.41) is 11.3. The van der Waals surface area contributed by atoms with E-state index in [0.717, 1.165) is 32.2 Å². The van der Waals surface area contributed by atoms with Gasteiger partial charge < -0.3 is 9.84 Å². The van der Waals surface area contributed by atoms with Crippen LogP contribution in [-0.2, 0) is 20.4 Å². The molecule has 0 bridgehead atoms. The number of hydrogen-bond acceptors (Lipinski definition) is 3. The molecule has 0 amide bonds. The molecule has 1 atom stereocenters. The highest BCUT2D eigenvalue weighted by atomic mass is 127. The van der Waals surface area contributed by atoms with E-state index in [2.05, 4.69) is 63.3 Å². The van der Waals surface area contributed by atoms with Crippen molar-refractivity contribution in [1.82, 2.24) is 0 Å². The van der Waals surface area contributed by atoms with Crippen LogP contribution in [0.1, 0.15) is 73.9 Å². The van der Waals surface area contributed by atoms with Gasteiger partial charge in [0.15, 0.2) is 0 Å². The molecule has 0 radical (unpaired) electrons. The van der Waals surface area contributed by atoms with Crippen LogP contribution in [0.15, 0.2) is 30.3 Å². The first-order chi connectivity index (χ1) is 13.3. The van der Waals surface area contributed by atoms with Crippen molar-refractivity contribution in [3.63, 3.8) is 0 Å². The first kappa shape index (κ1) is 23.7. The molecule has 2 rings (SSSR count). The van der Waals surface area contributed by atoms with Gasteiger partial charge in [-0.2, -0.15) is 0 Å². The Balaban J connectivity index is 2.91. The molecule has 0 aromatic heterocycles. The largest absolute Gasteiger partial charge is 0.507 e. The molecule has 3 nitrogen and oxygen atoms in total. The number of hydrogen-bond donors (Lipinski definition) is 1. The normalized spacial score (nSPS) is 13.3. The number of phenolic OH excluding ortho intramolecular Hbond substituents is 1. The number of methoxy groups -OCH3 is 1. The number of phenols is 1. The van der Waals surface area contributed by atoms with E-state index >= 15 is 0 Å². The maximum Gasteiger partial charge on any atom is 0.317 e. The van der Waals surface area contributed by atoms with Gasteiger partial charge in [-0.25, -0.2) is 0 Å². The lowest BCUT2D eigenvalue weighted by Gasteiger charge is -2.30. The Kier molecular flexibility index (Phi) is 7.09. The van der Waals surface area contributed by atoms with Crippen LogP contribution in [0.4, 0.5) is 0 Å². The molecule has 2 aromatic rings. The zero-order valence-electron chi connectivity index (χ0n) is 18.8. The summed E-state index contributed by atoms with van der Waals surface area (Å²) in [6.07, 6.45) is 0. The molecular formula is C25H33IO3. The molecule has 2 aromatic carbocycles. The summed E-state index contributed by atoms with van der Waals surface area (Å²) in [5.41, 5.74) is 5.16. The van der Waals surface area contributed by atoms with Gasteiger partial charge in [0.05, 0.1) is 7.11 Å². The minimum absolute atomic E-state index is 0.0919. The van der Waals surface area contributed by atoms with Gasteiger partial charge in [0.1, 0.15) is 11.7 Å². The molecule has 0 saturated heterocycles. The van der Waals surface area contributed by atoms with Crippen LogP contribution >= 0.6 is 22.6 Å². The van der Waals surface area contributed by atoms with Crippen molar-refractivity contribution in [2.45, 2.75) is 65.2 Å². The quantitative estimate of drug-likeness (QED) is 0.292. The summed E-state index contributed by atoms with van der Waals surface area (Å²) in [7, 11) is 1.40. The first-order valence-corrected chi connectivity index (χ1v) is 11.4. The number of ether oxygens (including phenoxy) is 1. The molecule has 0 saturated carbocycles. The van der Waals surface area contributed by atoms with E-state index in [-0.39, 0.29) is 22.5 Å². The lowest BCUT2D eigenvalue weighted by Crippen LogP contribution is -2.24. The summed E-state index contributed by atoms with van der Waals surface area (Å²) < 4.78 is 6.12. The number of carbonyl (C=O) groups excluding carboxylic acids is 1. The standard InChI is InChI=1S/C25H33IO3/c1-15-9-10-16(2)18(11-15)21(23(28)29-8)19-12-17(25(6,7)14-26)13-20(22(19)27)24(3,4)5/h9-13,21,27H,14H2,1-8H3. The third-order valence-corrected chi connectivity index (χ3v) is 7.46. The average Bonchev–Trinajstić information content (AvgIpc) is 2.64. The molecule has 158 valence electrons. The molecule has 0 aliphatic rings. The van der Waals surface area contributed by atoms with E-state index in [0.29, 0.717) is 5.56 Å². The maximum absolute atomic E-state index is 13.0. The van der Waals surface area contributed by atoms with E-state index in [1.54, 1.807) is 0 Å². The minimum Gasteiger partial charge on any atom is -0.507 e. The number of carbonyl (C=O) groups is 1. The lowest BCUT2D eigenvalue weighted by molar-refractivity contribution is -0.141. The van der Waals surface area contributed by atoms with Crippen LogP contribution in [0, 0.1) is 13.8 Å². The fourth-order valence-electron chi connectivity index (χ4n) is 3.53. The third kappa shape index (κ3) is 4.96. The highest BCUT2D eigenvalue weighted by molar-refractivity contribution is 14.1.